The molecule has 1 aliphatic heterocycles. The van der Waals surface area contributed by atoms with Crippen LogP contribution in [0.15, 0.2) is 18.2 Å². The highest BCUT2D eigenvalue weighted by Crippen LogP contribution is 2.21. The van der Waals surface area contributed by atoms with E-state index in [0.29, 0.717) is 5.95 Å². The third kappa shape index (κ3) is 1.97. The zero-order valence-corrected chi connectivity index (χ0v) is 10.9. The van der Waals surface area contributed by atoms with Crippen molar-refractivity contribution in [3.8, 4) is 0 Å². The van der Waals surface area contributed by atoms with Gasteiger partial charge in [-0.15, -0.1) is 0 Å². The fourth-order valence-electron chi connectivity index (χ4n) is 2.79. The Kier molecular flexibility index (Phi) is 2.96. The molecule has 96 valence electrons. The molecule has 18 heavy (non-hydrogen) atoms. The van der Waals surface area contributed by atoms with Crippen LogP contribution in [0.1, 0.15) is 18.4 Å². The first-order chi connectivity index (χ1) is 8.75. The van der Waals surface area contributed by atoms with E-state index < -0.39 is 0 Å². The van der Waals surface area contributed by atoms with E-state index >= 15 is 0 Å². The van der Waals surface area contributed by atoms with Crippen molar-refractivity contribution in [3.05, 3.63) is 23.8 Å². The quantitative estimate of drug-likeness (QED) is 0.898. The van der Waals surface area contributed by atoms with Crippen LogP contribution in [0.4, 0.5) is 5.95 Å². The normalized spacial score (nSPS) is 16.7. The summed E-state index contributed by atoms with van der Waals surface area (Å²) >= 11 is 0. The van der Waals surface area contributed by atoms with Crippen LogP contribution < -0.4 is 5.73 Å². The molecule has 2 heterocycles. The predicted octanol–water partition coefficient (Wildman–Crippen LogP) is 2.02. The standard InChI is InChI=1S/C14H20N4/c1-11-5-4-6-12-13(11)16-14(15)18(12)10-9-17-7-2-3-8-17/h4-6H,2-3,7-10H2,1H3,(H2,15,16). The number of hydrogen-bond donors (Lipinski definition) is 1. The molecule has 1 saturated heterocycles. The number of nitrogen functional groups attached to an aromatic ring is 1. The van der Waals surface area contributed by atoms with Crippen LogP contribution in [-0.4, -0.2) is 34.1 Å². The van der Waals surface area contributed by atoms with Crippen LogP contribution in [0.25, 0.3) is 11.0 Å². The molecule has 4 heteroatoms. The maximum absolute atomic E-state index is 6.04. The largest absolute Gasteiger partial charge is 0.369 e. The highest BCUT2D eigenvalue weighted by Gasteiger charge is 2.14. The van der Waals surface area contributed by atoms with E-state index in [-0.39, 0.29) is 0 Å². The maximum Gasteiger partial charge on any atom is 0.201 e. The molecule has 0 bridgehead atoms. The summed E-state index contributed by atoms with van der Waals surface area (Å²) in [7, 11) is 0. The Hall–Kier alpha value is -1.55. The van der Waals surface area contributed by atoms with Crippen molar-refractivity contribution < 1.29 is 0 Å². The van der Waals surface area contributed by atoms with Gasteiger partial charge in [0.15, 0.2) is 0 Å². The van der Waals surface area contributed by atoms with E-state index in [9.17, 15) is 0 Å². The van der Waals surface area contributed by atoms with E-state index in [2.05, 4.69) is 39.6 Å². The molecule has 3 rings (SSSR count). The number of nitrogens with two attached hydrogens (primary N) is 1. The lowest BCUT2D eigenvalue weighted by atomic mass is 10.2. The van der Waals surface area contributed by atoms with Crippen molar-refractivity contribution in [2.45, 2.75) is 26.3 Å². The molecule has 0 aliphatic carbocycles. The zero-order valence-electron chi connectivity index (χ0n) is 10.9. The second-order valence-electron chi connectivity index (χ2n) is 5.11. The second kappa shape index (κ2) is 4.61. The molecule has 1 aromatic carbocycles. The summed E-state index contributed by atoms with van der Waals surface area (Å²) in [6, 6.07) is 6.26. The van der Waals surface area contributed by atoms with Crippen LogP contribution in [0.5, 0.6) is 0 Å². The van der Waals surface area contributed by atoms with Gasteiger partial charge in [-0.25, -0.2) is 4.98 Å². The van der Waals surface area contributed by atoms with Gasteiger partial charge in [-0.1, -0.05) is 12.1 Å². The van der Waals surface area contributed by atoms with Gasteiger partial charge in [0.05, 0.1) is 11.0 Å². The number of rotatable bonds is 3. The third-order valence-corrected chi connectivity index (χ3v) is 3.85. The van der Waals surface area contributed by atoms with Crippen molar-refractivity contribution in [2.75, 3.05) is 25.4 Å². The molecule has 2 aromatic rings. The second-order valence-corrected chi connectivity index (χ2v) is 5.11. The highest BCUT2D eigenvalue weighted by molar-refractivity contribution is 5.81. The van der Waals surface area contributed by atoms with Crippen LogP contribution in [0, 0.1) is 6.92 Å². The van der Waals surface area contributed by atoms with Gasteiger partial charge >= 0.3 is 0 Å². The lowest BCUT2D eigenvalue weighted by Crippen LogP contribution is -2.24. The number of fused-ring (bicyclic) bond motifs is 1. The SMILES string of the molecule is Cc1cccc2c1nc(N)n2CCN1CCCC1. The number of aromatic nitrogens is 2. The Balaban J connectivity index is 1.86. The van der Waals surface area contributed by atoms with Crippen LogP contribution in [0.2, 0.25) is 0 Å². The summed E-state index contributed by atoms with van der Waals surface area (Å²) in [6.45, 7) is 6.55. The first-order valence-electron chi connectivity index (χ1n) is 6.69. The minimum atomic E-state index is 0.637. The Morgan fingerprint density at radius 2 is 2.00 bits per heavy atom. The number of nitrogens with zero attached hydrogens (tertiary/aromatic N) is 3. The topological polar surface area (TPSA) is 47.1 Å². The van der Waals surface area contributed by atoms with Crippen molar-refractivity contribution >= 4 is 17.0 Å². The highest BCUT2D eigenvalue weighted by atomic mass is 15.2. The van der Waals surface area contributed by atoms with Gasteiger partial charge in [-0.05, 0) is 44.5 Å². The van der Waals surface area contributed by atoms with Crippen LogP contribution >= 0.6 is 0 Å². The minimum absolute atomic E-state index is 0.637. The van der Waals surface area contributed by atoms with Crippen molar-refractivity contribution in [2.24, 2.45) is 0 Å². The lowest BCUT2D eigenvalue weighted by Gasteiger charge is -2.15. The summed E-state index contributed by atoms with van der Waals surface area (Å²) in [5.41, 5.74) is 9.43. The number of benzene rings is 1. The smallest absolute Gasteiger partial charge is 0.201 e. The van der Waals surface area contributed by atoms with Gasteiger partial charge in [0.25, 0.3) is 0 Å². The molecule has 0 radical (unpaired) electrons. The van der Waals surface area contributed by atoms with Gasteiger partial charge in [-0.2, -0.15) is 0 Å². The predicted molar refractivity (Wildman–Crippen MR) is 74.6 cm³/mol. The number of hydrogen-bond acceptors (Lipinski definition) is 3. The summed E-state index contributed by atoms with van der Waals surface area (Å²) in [4.78, 5) is 6.98. The summed E-state index contributed by atoms with van der Waals surface area (Å²) in [6.07, 6.45) is 2.67. The summed E-state index contributed by atoms with van der Waals surface area (Å²) in [5.74, 6) is 0.637. The average Bonchev–Trinajstić information content (AvgIpc) is 2.95. The first-order valence-corrected chi connectivity index (χ1v) is 6.69. The molecule has 0 unspecified atom stereocenters. The molecular weight excluding hydrogens is 224 g/mol. The Bertz CT molecular complexity index is 552. The number of imidazole rings is 1. The van der Waals surface area contributed by atoms with Gasteiger partial charge in [0.2, 0.25) is 5.95 Å². The monoisotopic (exact) mass is 244 g/mol. The van der Waals surface area contributed by atoms with E-state index in [0.717, 1.165) is 24.1 Å². The third-order valence-electron chi connectivity index (χ3n) is 3.85. The summed E-state index contributed by atoms with van der Waals surface area (Å²) < 4.78 is 2.14. The Labute approximate surface area is 107 Å². The fraction of sp³-hybridized carbons (Fsp3) is 0.500. The molecule has 1 aliphatic rings. The molecular formula is C14H20N4. The molecule has 2 N–H and O–H groups in total. The van der Waals surface area contributed by atoms with Crippen LogP contribution in [-0.2, 0) is 6.54 Å². The minimum Gasteiger partial charge on any atom is -0.369 e. The van der Waals surface area contributed by atoms with Crippen molar-refractivity contribution in [3.63, 3.8) is 0 Å². The Morgan fingerprint density at radius 1 is 1.22 bits per heavy atom. The zero-order chi connectivity index (χ0) is 12.5. The summed E-state index contributed by atoms with van der Waals surface area (Å²) in [5, 5.41) is 0. The molecule has 1 fully saturated rings. The van der Waals surface area contributed by atoms with Crippen molar-refractivity contribution in [1.82, 2.24) is 14.5 Å². The maximum atomic E-state index is 6.04. The lowest BCUT2D eigenvalue weighted by molar-refractivity contribution is 0.325. The molecule has 0 atom stereocenters. The fourth-order valence-corrected chi connectivity index (χ4v) is 2.79. The molecule has 0 spiro atoms. The van der Waals surface area contributed by atoms with Crippen molar-refractivity contribution in [1.29, 1.82) is 0 Å². The number of likely N-dealkylation sites (tertiary alicyclic amines) is 1. The molecule has 0 amide bonds. The number of para-hydroxylation sites is 1. The molecule has 1 aromatic heterocycles. The number of aryl methyl sites for hydroxylation is 1. The van der Waals surface area contributed by atoms with Gasteiger partial charge in [0, 0.05) is 13.1 Å². The average molecular weight is 244 g/mol. The first kappa shape index (κ1) is 11.5. The van der Waals surface area contributed by atoms with E-state index in [4.69, 9.17) is 5.73 Å². The van der Waals surface area contributed by atoms with E-state index in [1.165, 1.54) is 31.5 Å². The Morgan fingerprint density at radius 3 is 2.78 bits per heavy atom. The molecule has 4 nitrogen and oxygen atoms in total. The van der Waals surface area contributed by atoms with Crippen LogP contribution in [0.3, 0.4) is 0 Å². The van der Waals surface area contributed by atoms with Gasteiger partial charge in [0.1, 0.15) is 0 Å². The van der Waals surface area contributed by atoms with Gasteiger partial charge in [-0.3, -0.25) is 0 Å². The number of anilines is 1. The molecule has 0 saturated carbocycles. The van der Waals surface area contributed by atoms with E-state index in [1.54, 1.807) is 0 Å². The van der Waals surface area contributed by atoms with Gasteiger partial charge < -0.3 is 15.2 Å². The van der Waals surface area contributed by atoms with E-state index in [1.807, 2.05) is 0 Å².